The van der Waals surface area contributed by atoms with E-state index in [1.54, 1.807) is 13.2 Å². The monoisotopic (exact) mass is 339 g/mol. The molecule has 0 aromatic carbocycles. The van der Waals surface area contributed by atoms with Gasteiger partial charge in [-0.15, -0.1) is 11.3 Å². The van der Waals surface area contributed by atoms with Gasteiger partial charge < -0.3 is 9.84 Å². The van der Waals surface area contributed by atoms with Crippen molar-refractivity contribution in [1.82, 2.24) is 4.72 Å². The van der Waals surface area contributed by atoms with E-state index in [1.165, 1.54) is 30.3 Å². The fourth-order valence-electron chi connectivity index (χ4n) is 1.57. The van der Waals surface area contributed by atoms with Crippen LogP contribution in [0.4, 0.5) is 0 Å². The summed E-state index contributed by atoms with van der Waals surface area (Å²) in [5.74, 6) is -0.684. The van der Waals surface area contributed by atoms with E-state index < -0.39 is 22.0 Å². The van der Waals surface area contributed by atoms with Gasteiger partial charge in [0, 0.05) is 11.3 Å². The number of thioether (sulfide) groups is 1. The maximum atomic E-state index is 12.3. The van der Waals surface area contributed by atoms with E-state index in [2.05, 4.69) is 9.46 Å². The first-order valence-corrected chi connectivity index (χ1v) is 9.34. The van der Waals surface area contributed by atoms with Gasteiger partial charge in [-0.2, -0.15) is 11.8 Å². The number of aliphatic hydroxyl groups is 1. The second-order valence-electron chi connectivity index (χ2n) is 3.97. The molecule has 114 valence electrons. The summed E-state index contributed by atoms with van der Waals surface area (Å²) >= 11 is 2.37. The van der Waals surface area contributed by atoms with Gasteiger partial charge in [0.25, 0.3) is 0 Å². The molecule has 1 aromatic rings. The van der Waals surface area contributed by atoms with Crippen LogP contribution in [0.2, 0.25) is 0 Å². The number of carbonyl (C=O) groups excluding carboxylic acids is 1. The summed E-state index contributed by atoms with van der Waals surface area (Å²) in [4.78, 5) is 11.5. The molecule has 0 radical (unpaired) electrons. The first-order valence-electron chi connectivity index (χ1n) is 5.69. The Morgan fingerprint density at radius 3 is 2.75 bits per heavy atom. The largest absolute Gasteiger partial charge is 0.465 e. The van der Waals surface area contributed by atoms with Gasteiger partial charge in [-0.25, -0.2) is 17.9 Å². The molecule has 0 aliphatic heterocycles. The molecule has 1 heterocycles. The molecule has 1 aromatic heterocycles. The molecule has 0 fully saturated rings. The quantitative estimate of drug-likeness (QED) is 0.718. The zero-order valence-electron chi connectivity index (χ0n) is 11.3. The number of rotatable bonds is 7. The minimum absolute atomic E-state index is 0.0388. The van der Waals surface area contributed by atoms with Crippen LogP contribution in [0.5, 0.6) is 0 Å². The lowest BCUT2D eigenvalue weighted by atomic mass is 10.3. The van der Waals surface area contributed by atoms with Crippen LogP contribution in [0.15, 0.2) is 16.3 Å². The molecule has 9 heteroatoms. The van der Waals surface area contributed by atoms with Crippen LogP contribution in [-0.4, -0.2) is 50.8 Å². The van der Waals surface area contributed by atoms with Gasteiger partial charge in [0.1, 0.15) is 9.77 Å². The normalized spacial score (nSPS) is 14.8. The highest BCUT2D eigenvalue weighted by Gasteiger charge is 2.28. The van der Waals surface area contributed by atoms with Crippen molar-refractivity contribution >= 4 is 39.1 Å². The van der Waals surface area contributed by atoms with Gasteiger partial charge in [-0.1, -0.05) is 0 Å². The van der Waals surface area contributed by atoms with Gasteiger partial charge in [-0.3, -0.25) is 0 Å². The molecule has 6 nitrogen and oxygen atoms in total. The van der Waals surface area contributed by atoms with Crippen molar-refractivity contribution in [3.05, 3.63) is 16.3 Å². The topological polar surface area (TPSA) is 92.7 Å². The van der Waals surface area contributed by atoms with Gasteiger partial charge in [0.2, 0.25) is 10.0 Å². The van der Waals surface area contributed by atoms with E-state index >= 15 is 0 Å². The average Bonchev–Trinajstić information content (AvgIpc) is 2.88. The van der Waals surface area contributed by atoms with Crippen molar-refractivity contribution in [3.8, 4) is 0 Å². The molecule has 0 spiro atoms. The molecular weight excluding hydrogens is 322 g/mol. The Bertz CT molecular complexity index is 550. The number of esters is 1. The standard InChI is InChI=1S/C11H17NO5S3/c1-7(8(6-13)18-3)12-20(15,16)9-4-5-19-10(9)11(14)17-2/h4-5,7-8,12-13H,6H2,1-3H3. The molecule has 1 rings (SSSR count). The van der Waals surface area contributed by atoms with Crippen LogP contribution in [0, 0.1) is 0 Å². The van der Waals surface area contributed by atoms with E-state index in [0.717, 1.165) is 11.3 Å². The van der Waals surface area contributed by atoms with E-state index in [9.17, 15) is 18.3 Å². The number of hydrogen-bond donors (Lipinski definition) is 2. The van der Waals surface area contributed by atoms with Crippen molar-refractivity contribution in [1.29, 1.82) is 0 Å². The lowest BCUT2D eigenvalue weighted by molar-refractivity contribution is 0.0602. The Morgan fingerprint density at radius 1 is 1.60 bits per heavy atom. The maximum absolute atomic E-state index is 12.3. The van der Waals surface area contributed by atoms with Crippen molar-refractivity contribution in [2.75, 3.05) is 20.0 Å². The minimum atomic E-state index is -3.83. The molecule has 2 unspecified atom stereocenters. The number of aliphatic hydroxyl groups excluding tert-OH is 1. The third kappa shape index (κ3) is 3.95. The van der Waals surface area contributed by atoms with E-state index in [4.69, 9.17) is 0 Å². The van der Waals surface area contributed by atoms with Crippen LogP contribution < -0.4 is 4.72 Å². The number of nitrogens with one attached hydrogen (secondary N) is 1. The highest BCUT2D eigenvalue weighted by Crippen LogP contribution is 2.23. The van der Waals surface area contributed by atoms with Crippen LogP contribution in [0.25, 0.3) is 0 Å². The second kappa shape index (κ2) is 7.41. The molecule has 0 bridgehead atoms. The number of hydrogen-bond acceptors (Lipinski definition) is 7. The summed E-state index contributed by atoms with van der Waals surface area (Å²) in [5, 5.41) is 10.4. The lowest BCUT2D eigenvalue weighted by Gasteiger charge is -2.21. The Labute approximate surface area is 126 Å². The Balaban J connectivity index is 3.00. The molecule has 20 heavy (non-hydrogen) atoms. The van der Waals surface area contributed by atoms with Crippen LogP contribution in [0.3, 0.4) is 0 Å². The summed E-state index contributed by atoms with van der Waals surface area (Å²) in [6, 6.07) is 0.893. The molecule has 2 N–H and O–H groups in total. The Morgan fingerprint density at radius 2 is 2.25 bits per heavy atom. The summed E-state index contributed by atoms with van der Waals surface area (Å²) in [5.41, 5.74) is 0. The first-order chi connectivity index (χ1) is 9.37. The molecule has 0 saturated carbocycles. The lowest BCUT2D eigenvalue weighted by Crippen LogP contribution is -2.41. The molecule has 0 aliphatic carbocycles. The Hall–Kier alpha value is -0.610. The number of carbonyl (C=O) groups is 1. The third-order valence-electron chi connectivity index (χ3n) is 2.67. The second-order valence-corrected chi connectivity index (χ2v) is 7.65. The van der Waals surface area contributed by atoms with E-state index in [1.807, 2.05) is 0 Å². The van der Waals surface area contributed by atoms with Crippen molar-refractivity contribution in [2.24, 2.45) is 0 Å². The van der Waals surface area contributed by atoms with Crippen molar-refractivity contribution in [2.45, 2.75) is 23.1 Å². The zero-order chi connectivity index (χ0) is 15.3. The van der Waals surface area contributed by atoms with Gasteiger partial charge in [0.15, 0.2) is 0 Å². The average molecular weight is 339 g/mol. The number of ether oxygens (including phenoxy) is 1. The van der Waals surface area contributed by atoms with Crippen molar-refractivity contribution < 1.29 is 23.1 Å². The maximum Gasteiger partial charge on any atom is 0.349 e. The number of methoxy groups -OCH3 is 1. The highest BCUT2D eigenvalue weighted by molar-refractivity contribution is 7.99. The molecule has 2 atom stereocenters. The molecule has 0 amide bonds. The first kappa shape index (κ1) is 17.4. The fourth-order valence-corrected chi connectivity index (χ4v) is 4.90. The third-order valence-corrected chi connectivity index (χ3v) is 6.46. The smallest absolute Gasteiger partial charge is 0.349 e. The van der Waals surface area contributed by atoms with Gasteiger partial charge in [-0.05, 0) is 24.6 Å². The van der Waals surface area contributed by atoms with Gasteiger partial charge >= 0.3 is 5.97 Å². The molecule has 0 aliphatic rings. The van der Waals surface area contributed by atoms with E-state index in [0.29, 0.717) is 0 Å². The predicted molar refractivity (Wildman–Crippen MR) is 79.8 cm³/mol. The fraction of sp³-hybridized carbons (Fsp3) is 0.545. The summed E-state index contributed by atoms with van der Waals surface area (Å²) in [6.07, 6.45) is 1.79. The van der Waals surface area contributed by atoms with Crippen LogP contribution >= 0.6 is 23.1 Å². The van der Waals surface area contributed by atoms with Crippen LogP contribution in [-0.2, 0) is 14.8 Å². The summed E-state index contributed by atoms with van der Waals surface area (Å²) in [7, 11) is -2.63. The van der Waals surface area contributed by atoms with Crippen molar-refractivity contribution in [3.63, 3.8) is 0 Å². The predicted octanol–water partition coefficient (Wildman–Crippen LogP) is 0.925. The van der Waals surface area contributed by atoms with Crippen LogP contribution in [0.1, 0.15) is 16.6 Å². The van der Waals surface area contributed by atoms with Gasteiger partial charge in [0.05, 0.1) is 13.7 Å². The highest BCUT2D eigenvalue weighted by atomic mass is 32.2. The molecular formula is C11H17NO5S3. The number of sulfonamides is 1. The SMILES string of the molecule is COC(=O)c1sccc1S(=O)(=O)NC(C)C(CO)SC. The zero-order valence-corrected chi connectivity index (χ0v) is 13.8. The summed E-state index contributed by atoms with van der Waals surface area (Å²) < 4.78 is 31.6. The summed E-state index contributed by atoms with van der Waals surface area (Å²) in [6.45, 7) is 1.53. The molecule has 0 saturated heterocycles. The minimum Gasteiger partial charge on any atom is -0.465 e. The van der Waals surface area contributed by atoms with E-state index in [-0.39, 0.29) is 21.6 Å². The Kier molecular flexibility index (Phi) is 6.46. The number of thiophene rings is 1.